The average Bonchev–Trinajstić information content (AvgIpc) is 3.05. The third-order valence-corrected chi connectivity index (χ3v) is 7.03. The van der Waals surface area contributed by atoms with E-state index in [0.29, 0.717) is 17.5 Å². The molecule has 40 heavy (non-hydrogen) atoms. The fourth-order valence-corrected chi connectivity index (χ4v) is 4.99. The van der Waals surface area contributed by atoms with Gasteiger partial charge in [0.1, 0.15) is 0 Å². The van der Waals surface area contributed by atoms with E-state index in [1.54, 1.807) is 6.20 Å². The van der Waals surface area contributed by atoms with Gasteiger partial charge in [0, 0.05) is 29.1 Å². The molecule has 0 bridgehead atoms. The second-order valence-corrected chi connectivity index (χ2v) is 9.60. The van der Waals surface area contributed by atoms with Crippen LogP contribution in [0.1, 0.15) is 0 Å². The summed E-state index contributed by atoms with van der Waals surface area (Å²) in [6.45, 7) is 0. The molecule has 4 heteroatoms. The van der Waals surface area contributed by atoms with Crippen LogP contribution in [-0.4, -0.2) is 19.9 Å². The van der Waals surface area contributed by atoms with Crippen LogP contribution in [0.5, 0.6) is 0 Å². The van der Waals surface area contributed by atoms with Gasteiger partial charge in [-0.05, 0) is 45.2 Å². The van der Waals surface area contributed by atoms with Crippen molar-refractivity contribution in [3.63, 3.8) is 0 Å². The molecule has 0 aliphatic carbocycles. The quantitative estimate of drug-likeness (QED) is 0.231. The number of rotatable bonds is 5. The van der Waals surface area contributed by atoms with E-state index in [2.05, 4.69) is 71.7 Å². The minimum atomic E-state index is 0.654. The van der Waals surface area contributed by atoms with Crippen LogP contribution in [0.3, 0.4) is 0 Å². The standard InChI is InChI=1S/C36H24N4/c1-3-9-27(10-4-1)34-38-35(28-11-5-2-6-12-28)40-36(39-34)30-20-21-33-29(23-30)13-7-15-32(33)26-18-16-25(17-19-26)31-14-8-22-37-24-31/h1-24H. The average molecular weight is 513 g/mol. The molecule has 0 saturated carbocycles. The first kappa shape index (κ1) is 23.6. The van der Waals surface area contributed by atoms with Gasteiger partial charge in [-0.15, -0.1) is 0 Å². The smallest absolute Gasteiger partial charge is 0.164 e. The molecule has 0 fully saturated rings. The Bertz CT molecular complexity index is 1860. The van der Waals surface area contributed by atoms with Gasteiger partial charge in [0.05, 0.1) is 0 Å². The van der Waals surface area contributed by atoms with Crippen LogP contribution in [0.25, 0.3) is 67.2 Å². The lowest BCUT2D eigenvalue weighted by Crippen LogP contribution is -2.00. The van der Waals surface area contributed by atoms with Crippen LogP contribution in [0, 0.1) is 0 Å². The van der Waals surface area contributed by atoms with E-state index in [4.69, 9.17) is 15.0 Å². The Labute approximate surface area is 232 Å². The predicted molar refractivity (Wildman–Crippen MR) is 162 cm³/mol. The van der Waals surface area contributed by atoms with Crippen molar-refractivity contribution in [2.75, 3.05) is 0 Å². The van der Waals surface area contributed by atoms with E-state index < -0.39 is 0 Å². The third-order valence-electron chi connectivity index (χ3n) is 7.03. The fourth-order valence-electron chi connectivity index (χ4n) is 4.99. The summed E-state index contributed by atoms with van der Waals surface area (Å²) in [7, 11) is 0. The van der Waals surface area contributed by atoms with Crippen molar-refractivity contribution in [2.45, 2.75) is 0 Å². The molecule has 188 valence electrons. The zero-order chi connectivity index (χ0) is 26.7. The lowest BCUT2D eigenvalue weighted by atomic mass is 9.95. The molecule has 0 radical (unpaired) electrons. The zero-order valence-electron chi connectivity index (χ0n) is 21.6. The molecule has 0 unspecified atom stereocenters. The number of aromatic nitrogens is 4. The van der Waals surface area contributed by atoms with Gasteiger partial charge in [-0.25, -0.2) is 15.0 Å². The van der Waals surface area contributed by atoms with Gasteiger partial charge in [-0.3, -0.25) is 4.98 Å². The molecule has 0 saturated heterocycles. The first-order valence-electron chi connectivity index (χ1n) is 13.2. The number of fused-ring (bicyclic) bond motifs is 1. The molecule has 2 aromatic heterocycles. The van der Waals surface area contributed by atoms with Crippen molar-refractivity contribution in [3.8, 4) is 56.4 Å². The van der Waals surface area contributed by atoms with E-state index in [1.165, 1.54) is 16.5 Å². The molecular formula is C36H24N4. The second-order valence-electron chi connectivity index (χ2n) is 9.60. The maximum absolute atomic E-state index is 4.90. The fraction of sp³-hybridized carbons (Fsp3) is 0. The number of nitrogens with zero attached hydrogens (tertiary/aromatic N) is 4. The summed E-state index contributed by atoms with van der Waals surface area (Å²) in [4.78, 5) is 18.9. The minimum Gasteiger partial charge on any atom is -0.264 e. The molecule has 7 rings (SSSR count). The molecule has 0 amide bonds. The summed E-state index contributed by atoms with van der Waals surface area (Å²) in [6, 6.07) is 45.7. The van der Waals surface area contributed by atoms with E-state index in [9.17, 15) is 0 Å². The summed E-state index contributed by atoms with van der Waals surface area (Å²) in [5.41, 5.74) is 7.49. The monoisotopic (exact) mass is 512 g/mol. The summed E-state index contributed by atoms with van der Waals surface area (Å²) >= 11 is 0. The number of hydrogen-bond donors (Lipinski definition) is 0. The van der Waals surface area contributed by atoms with Crippen molar-refractivity contribution >= 4 is 10.8 Å². The Morgan fingerprint density at radius 3 is 1.57 bits per heavy atom. The lowest BCUT2D eigenvalue weighted by Gasteiger charge is -2.11. The Morgan fingerprint density at radius 1 is 0.375 bits per heavy atom. The highest BCUT2D eigenvalue weighted by Crippen LogP contribution is 2.33. The van der Waals surface area contributed by atoms with Crippen molar-refractivity contribution in [1.82, 2.24) is 19.9 Å². The number of hydrogen-bond acceptors (Lipinski definition) is 4. The Morgan fingerprint density at radius 2 is 0.950 bits per heavy atom. The van der Waals surface area contributed by atoms with Crippen molar-refractivity contribution < 1.29 is 0 Å². The molecule has 0 N–H and O–H groups in total. The van der Waals surface area contributed by atoms with Crippen LogP contribution >= 0.6 is 0 Å². The summed E-state index contributed by atoms with van der Waals surface area (Å²) in [6.07, 6.45) is 3.69. The molecule has 7 aromatic rings. The highest BCUT2D eigenvalue weighted by atomic mass is 15.0. The van der Waals surface area contributed by atoms with Crippen LogP contribution < -0.4 is 0 Å². The van der Waals surface area contributed by atoms with Gasteiger partial charge in [-0.2, -0.15) is 0 Å². The van der Waals surface area contributed by atoms with Crippen molar-refractivity contribution in [3.05, 3.63) is 146 Å². The SMILES string of the molecule is c1ccc(-c2nc(-c3ccccc3)nc(-c3ccc4c(-c5ccc(-c6cccnc6)cc5)cccc4c3)n2)cc1. The first-order valence-corrected chi connectivity index (χ1v) is 13.2. The van der Waals surface area contributed by atoms with Gasteiger partial charge in [-0.1, -0.05) is 121 Å². The van der Waals surface area contributed by atoms with E-state index >= 15 is 0 Å². The van der Waals surface area contributed by atoms with Gasteiger partial charge in [0.2, 0.25) is 0 Å². The second kappa shape index (κ2) is 10.4. The topological polar surface area (TPSA) is 51.6 Å². The summed E-state index contributed by atoms with van der Waals surface area (Å²) < 4.78 is 0. The van der Waals surface area contributed by atoms with Crippen LogP contribution in [0.4, 0.5) is 0 Å². The van der Waals surface area contributed by atoms with Crippen LogP contribution in [-0.2, 0) is 0 Å². The Hall–Kier alpha value is -5.48. The van der Waals surface area contributed by atoms with Crippen molar-refractivity contribution in [2.24, 2.45) is 0 Å². The minimum absolute atomic E-state index is 0.654. The number of pyridine rings is 1. The largest absolute Gasteiger partial charge is 0.264 e. The first-order chi connectivity index (χ1) is 19.8. The molecule has 0 aliphatic heterocycles. The Kier molecular flexibility index (Phi) is 6.11. The Balaban J connectivity index is 1.30. The maximum Gasteiger partial charge on any atom is 0.164 e. The molecular weight excluding hydrogens is 488 g/mol. The summed E-state index contributed by atoms with van der Waals surface area (Å²) in [5, 5.41) is 2.32. The zero-order valence-corrected chi connectivity index (χ0v) is 21.6. The van der Waals surface area contributed by atoms with E-state index in [1.807, 2.05) is 72.9 Å². The lowest BCUT2D eigenvalue weighted by molar-refractivity contribution is 1.07. The van der Waals surface area contributed by atoms with Gasteiger partial charge in [0.15, 0.2) is 17.5 Å². The molecule has 2 heterocycles. The highest BCUT2D eigenvalue weighted by molar-refractivity contribution is 5.98. The maximum atomic E-state index is 4.90. The molecule has 0 spiro atoms. The van der Waals surface area contributed by atoms with Gasteiger partial charge < -0.3 is 0 Å². The van der Waals surface area contributed by atoms with Gasteiger partial charge in [0.25, 0.3) is 0 Å². The molecule has 4 nitrogen and oxygen atoms in total. The number of benzene rings is 5. The van der Waals surface area contributed by atoms with Crippen molar-refractivity contribution in [1.29, 1.82) is 0 Å². The van der Waals surface area contributed by atoms with Crippen LogP contribution in [0.2, 0.25) is 0 Å². The highest BCUT2D eigenvalue weighted by Gasteiger charge is 2.13. The van der Waals surface area contributed by atoms with E-state index in [-0.39, 0.29) is 0 Å². The molecule has 5 aromatic carbocycles. The van der Waals surface area contributed by atoms with Gasteiger partial charge >= 0.3 is 0 Å². The summed E-state index contributed by atoms with van der Waals surface area (Å²) in [5.74, 6) is 1.97. The normalized spacial score (nSPS) is 11.0. The molecule has 0 aliphatic rings. The van der Waals surface area contributed by atoms with E-state index in [0.717, 1.165) is 33.2 Å². The van der Waals surface area contributed by atoms with Crippen LogP contribution in [0.15, 0.2) is 146 Å². The third kappa shape index (κ3) is 4.63. The molecule has 0 atom stereocenters. The predicted octanol–water partition coefficient (Wildman–Crippen LogP) is 8.75.